The molecule has 1 aliphatic rings. The van der Waals surface area contributed by atoms with Crippen LogP contribution >= 0.6 is 11.6 Å². The molecule has 1 aromatic rings. The Hall–Kier alpha value is -0.650. The average molecular weight is 289 g/mol. The van der Waals surface area contributed by atoms with E-state index in [2.05, 4.69) is 4.98 Å². The van der Waals surface area contributed by atoms with Crippen LogP contribution in [0, 0.1) is 0 Å². The molecule has 0 aliphatic carbocycles. The number of hydrogen-bond donors (Lipinski definition) is 0. The van der Waals surface area contributed by atoms with Crippen LogP contribution in [0.1, 0.15) is 24.8 Å². The molecule has 4 nitrogen and oxygen atoms in total. The fourth-order valence-corrected chi connectivity index (χ4v) is 3.75. The number of aryl methyl sites for hydroxylation is 1. The molecule has 1 aromatic heterocycles. The van der Waals surface area contributed by atoms with Gasteiger partial charge >= 0.3 is 0 Å². The van der Waals surface area contributed by atoms with Crippen molar-refractivity contribution in [3.63, 3.8) is 0 Å². The lowest BCUT2D eigenvalue weighted by molar-refractivity contribution is 0.373. The number of rotatable bonds is 4. The monoisotopic (exact) mass is 288 g/mol. The molecule has 0 spiro atoms. The lowest BCUT2D eigenvalue weighted by Crippen LogP contribution is -2.34. The molecule has 0 aromatic carbocycles. The average Bonchev–Trinajstić information content (AvgIpc) is 2.76. The first-order valence-electron chi connectivity index (χ1n) is 6.04. The topological polar surface area (TPSA) is 50.3 Å². The number of aromatic nitrogens is 1. The molecule has 1 aliphatic heterocycles. The van der Waals surface area contributed by atoms with Crippen LogP contribution in [0.4, 0.5) is 0 Å². The molecular formula is C12H17ClN2O2S. The van der Waals surface area contributed by atoms with Gasteiger partial charge in [-0.15, -0.1) is 0 Å². The predicted octanol–water partition coefficient (Wildman–Crippen LogP) is 2.09. The summed E-state index contributed by atoms with van der Waals surface area (Å²) in [6.07, 6.45) is 6.62. The molecule has 2 rings (SSSR count). The fraction of sp³-hybridized carbons (Fsp3) is 0.583. The van der Waals surface area contributed by atoms with Crippen LogP contribution in [-0.4, -0.2) is 36.5 Å². The Morgan fingerprint density at radius 1 is 1.50 bits per heavy atom. The summed E-state index contributed by atoms with van der Waals surface area (Å²) in [7, 11) is -3.07. The second kappa shape index (κ2) is 5.55. The van der Waals surface area contributed by atoms with Crippen molar-refractivity contribution in [2.75, 3.05) is 12.8 Å². The highest BCUT2D eigenvalue weighted by molar-refractivity contribution is 7.88. The van der Waals surface area contributed by atoms with Crippen LogP contribution in [0.2, 0.25) is 5.15 Å². The Morgan fingerprint density at radius 3 is 2.89 bits per heavy atom. The largest absolute Gasteiger partial charge is 0.244 e. The standard InChI is InChI=1S/C12H17ClN2O2S/c1-18(16,17)15-8-2-3-11(15)6-4-10-5-7-12(13)14-9-10/h5,7,9,11H,2-4,6,8H2,1H3. The van der Waals surface area contributed by atoms with E-state index in [0.29, 0.717) is 11.7 Å². The smallest absolute Gasteiger partial charge is 0.211 e. The number of nitrogens with zero attached hydrogens (tertiary/aromatic N) is 2. The molecule has 0 N–H and O–H groups in total. The van der Waals surface area contributed by atoms with Gasteiger partial charge in [-0.3, -0.25) is 0 Å². The number of halogens is 1. The maximum absolute atomic E-state index is 11.6. The highest BCUT2D eigenvalue weighted by Crippen LogP contribution is 2.24. The molecule has 2 heterocycles. The van der Waals surface area contributed by atoms with E-state index >= 15 is 0 Å². The van der Waals surface area contributed by atoms with E-state index < -0.39 is 10.0 Å². The van der Waals surface area contributed by atoms with Crippen LogP contribution in [0.25, 0.3) is 0 Å². The van der Waals surface area contributed by atoms with Crippen LogP contribution in [0.3, 0.4) is 0 Å². The van der Waals surface area contributed by atoms with E-state index in [1.165, 1.54) is 6.26 Å². The highest BCUT2D eigenvalue weighted by Gasteiger charge is 2.30. The van der Waals surface area contributed by atoms with Crippen molar-refractivity contribution in [2.45, 2.75) is 31.7 Å². The third-order valence-electron chi connectivity index (χ3n) is 3.30. The van der Waals surface area contributed by atoms with Gasteiger partial charge in [-0.2, -0.15) is 4.31 Å². The minimum Gasteiger partial charge on any atom is -0.244 e. The minimum atomic E-state index is -3.07. The van der Waals surface area contributed by atoms with Gasteiger partial charge in [0.1, 0.15) is 5.15 Å². The van der Waals surface area contributed by atoms with E-state index in [9.17, 15) is 8.42 Å². The van der Waals surface area contributed by atoms with Gasteiger partial charge in [0.15, 0.2) is 0 Å². The molecular weight excluding hydrogens is 272 g/mol. The Morgan fingerprint density at radius 2 is 2.28 bits per heavy atom. The normalized spacial score (nSPS) is 21.3. The summed E-state index contributed by atoms with van der Waals surface area (Å²) >= 11 is 5.72. The first-order valence-corrected chi connectivity index (χ1v) is 8.27. The summed E-state index contributed by atoms with van der Waals surface area (Å²) in [4.78, 5) is 4.03. The first kappa shape index (κ1) is 13.8. The molecule has 0 bridgehead atoms. The molecule has 0 saturated carbocycles. The summed E-state index contributed by atoms with van der Waals surface area (Å²) in [5.74, 6) is 0. The van der Waals surface area contributed by atoms with E-state index in [4.69, 9.17) is 11.6 Å². The van der Waals surface area contributed by atoms with Crippen LogP contribution < -0.4 is 0 Å². The Bertz CT molecular complexity index is 501. The second-order valence-electron chi connectivity index (χ2n) is 4.70. The van der Waals surface area contributed by atoms with Crippen molar-refractivity contribution < 1.29 is 8.42 Å². The lowest BCUT2D eigenvalue weighted by Gasteiger charge is -2.21. The predicted molar refractivity (Wildman–Crippen MR) is 72.1 cm³/mol. The van der Waals surface area contributed by atoms with Crippen LogP contribution in [0.5, 0.6) is 0 Å². The van der Waals surface area contributed by atoms with E-state index in [0.717, 1.165) is 31.2 Å². The Kier molecular flexibility index (Phi) is 4.25. The van der Waals surface area contributed by atoms with Crippen molar-refractivity contribution >= 4 is 21.6 Å². The van der Waals surface area contributed by atoms with E-state index in [-0.39, 0.29) is 6.04 Å². The molecule has 100 valence electrons. The molecule has 1 saturated heterocycles. The second-order valence-corrected chi connectivity index (χ2v) is 7.02. The molecule has 18 heavy (non-hydrogen) atoms. The highest BCUT2D eigenvalue weighted by atomic mass is 35.5. The molecule has 1 fully saturated rings. The maximum atomic E-state index is 11.6. The number of sulfonamides is 1. The quantitative estimate of drug-likeness (QED) is 0.797. The van der Waals surface area contributed by atoms with Crippen molar-refractivity contribution in [1.29, 1.82) is 0 Å². The van der Waals surface area contributed by atoms with Crippen molar-refractivity contribution in [3.8, 4) is 0 Å². The van der Waals surface area contributed by atoms with Crippen LogP contribution in [-0.2, 0) is 16.4 Å². The van der Waals surface area contributed by atoms with Gasteiger partial charge in [0.2, 0.25) is 10.0 Å². The van der Waals surface area contributed by atoms with Gasteiger partial charge in [-0.25, -0.2) is 13.4 Å². The van der Waals surface area contributed by atoms with Gasteiger partial charge in [0.05, 0.1) is 6.26 Å². The van der Waals surface area contributed by atoms with E-state index in [1.54, 1.807) is 16.6 Å². The number of hydrogen-bond acceptors (Lipinski definition) is 3. The summed E-state index contributed by atoms with van der Waals surface area (Å²) in [5.41, 5.74) is 1.10. The molecule has 1 unspecified atom stereocenters. The molecule has 0 amide bonds. The SMILES string of the molecule is CS(=O)(=O)N1CCCC1CCc1ccc(Cl)nc1. The summed E-state index contributed by atoms with van der Waals surface area (Å²) in [5, 5.41) is 0.484. The van der Waals surface area contributed by atoms with E-state index in [1.807, 2.05) is 6.07 Å². The van der Waals surface area contributed by atoms with Crippen LogP contribution in [0.15, 0.2) is 18.3 Å². The molecule has 6 heteroatoms. The third-order valence-corrected chi connectivity index (χ3v) is 4.86. The zero-order chi connectivity index (χ0) is 13.2. The van der Waals surface area contributed by atoms with Crippen molar-refractivity contribution in [2.24, 2.45) is 0 Å². The van der Waals surface area contributed by atoms with Gasteiger partial charge in [-0.05, 0) is 37.3 Å². The number of pyridine rings is 1. The van der Waals surface area contributed by atoms with Gasteiger partial charge < -0.3 is 0 Å². The minimum absolute atomic E-state index is 0.135. The Labute approximate surface area is 113 Å². The molecule has 1 atom stereocenters. The van der Waals surface area contributed by atoms with Gasteiger partial charge in [0, 0.05) is 18.8 Å². The summed E-state index contributed by atoms with van der Waals surface area (Å²) in [6.45, 7) is 0.655. The fourth-order valence-electron chi connectivity index (χ4n) is 2.42. The Balaban J connectivity index is 1.96. The summed E-state index contributed by atoms with van der Waals surface area (Å²) < 4.78 is 24.8. The third kappa shape index (κ3) is 3.43. The summed E-state index contributed by atoms with van der Waals surface area (Å²) in [6, 6.07) is 3.84. The van der Waals surface area contributed by atoms with Gasteiger partial charge in [0.25, 0.3) is 0 Å². The van der Waals surface area contributed by atoms with Crippen molar-refractivity contribution in [1.82, 2.24) is 9.29 Å². The van der Waals surface area contributed by atoms with Crippen molar-refractivity contribution in [3.05, 3.63) is 29.0 Å². The zero-order valence-electron chi connectivity index (χ0n) is 10.3. The zero-order valence-corrected chi connectivity index (χ0v) is 11.9. The lowest BCUT2D eigenvalue weighted by atomic mass is 10.1. The molecule has 0 radical (unpaired) electrons. The maximum Gasteiger partial charge on any atom is 0.211 e. The first-order chi connectivity index (χ1) is 8.47. The van der Waals surface area contributed by atoms with Gasteiger partial charge in [-0.1, -0.05) is 17.7 Å².